The van der Waals surface area contributed by atoms with E-state index in [1.165, 1.54) is 0 Å². The van der Waals surface area contributed by atoms with E-state index in [0.29, 0.717) is 22.2 Å². The number of hydrogen-bond donors (Lipinski definition) is 0. The van der Waals surface area contributed by atoms with E-state index in [-0.39, 0.29) is 0 Å². The fourth-order valence-electron chi connectivity index (χ4n) is 1.95. The minimum Gasteiger partial charge on any atom is -0.494 e. The Morgan fingerprint density at radius 3 is 2.79 bits per heavy atom. The van der Waals surface area contributed by atoms with Crippen molar-refractivity contribution in [3.63, 3.8) is 0 Å². The van der Waals surface area contributed by atoms with Crippen LogP contribution in [0.15, 0.2) is 24.3 Å². The molecule has 1 aromatic heterocycles. The number of benzene rings is 1. The van der Waals surface area contributed by atoms with E-state index < -0.39 is 0 Å². The largest absolute Gasteiger partial charge is 0.494 e. The van der Waals surface area contributed by atoms with Gasteiger partial charge >= 0.3 is 0 Å². The standard InChI is InChI=1S/C14H15ClN2O2/c1-3-6-11-10(9-18)14(15)17(16-11)12-7-4-5-8-13(12)19-2/h4-5,7-9H,3,6H2,1-2H3. The zero-order valence-electron chi connectivity index (χ0n) is 10.9. The molecule has 0 unspecified atom stereocenters. The third-order valence-electron chi connectivity index (χ3n) is 2.86. The summed E-state index contributed by atoms with van der Waals surface area (Å²) in [5.74, 6) is 0.660. The van der Waals surface area contributed by atoms with Gasteiger partial charge in [-0.05, 0) is 18.6 Å². The number of para-hydroxylation sites is 2. The number of carbonyl (C=O) groups is 1. The summed E-state index contributed by atoms with van der Waals surface area (Å²) < 4.78 is 6.84. The highest BCUT2D eigenvalue weighted by molar-refractivity contribution is 6.32. The molecule has 1 aromatic carbocycles. The Hall–Kier alpha value is -1.81. The van der Waals surface area contributed by atoms with Gasteiger partial charge in [0, 0.05) is 0 Å². The highest BCUT2D eigenvalue weighted by Crippen LogP contribution is 2.28. The average Bonchev–Trinajstić information content (AvgIpc) is 2.75. The molecule has 2 aromatic rings. The maximum atomic E-state index is 11.2. The number of halogens is 1. The number of hydrogen-bond acceptors (Lipinski definition) is 3. The average molecular weight is 279 g/mol. The van der Waals surface area contributed by atoms with E-state index in [9.17, 15) is 4.79 Å². The van der Waals surface area contributed by atoms with Crippen molar-refractivity contribution < 1.29 is 9.53 Å². The van der Waals surface area contributed by atoms with Gasteiger partial charge in [-0.1, -0.05) is 37.1 Å². The minimum absolute atomic E-state index is 0.322. The summed E-state index contributed by atoms with van der Waals surface area (Å²) in [6.45, 7) is 2.03. The van der Waals surface area contributed by atoms with Crippen LogP contribution >= 0.6 is 11.6 Å². The molecule has 0 spiro atoms. The first kappa shape index (κ1) is 13.6. The van der Waals surface area contributed by atoms with Gasteiger partial charge in [0.05, 0.1) is 18.4 Å². The molecule has 2 rings (SSSR count). The molecule has 0 aliphatic rings. The summed E-state index contributed by atoms with van der Waals surface area (Å²) in [7, 11) is 1.59. The third-order valence-corrected chi connectivity index (χ3v) is 3.22. The van der Waals surface area contributed by atoms with Crippen molar-refractivity contribution in [1.82, 2.24) is 9.78 Å². The van der Waals surface area contributed by atoms with Gasteiger partial charge in [0.25, 0.3) is 0 Å². The third kappa shape index (κ3) is 2.49. The maximum Gasteiger partial charge on any atom is 0.155 e. The fourth-order valence-corrected chi connectivity index (χ4v) is 2.24. The molecular weight excluding hydrogens is 264 g/mol. The van der Waals surface area contributed by atoms with Crippen LogP contribution in [0.5, 0.6) is 5.75 Å². The highest BCUT2D eigenvalue weighted by Gasteiger charge is 2.18. The van der Waals surface area contributed by atoms with E-state index in [4.69, 9.17) is 16.3 Å². The van der Waals surface area contributed by atoms with Crippen molar-refractivity contribution in [3.05, 3.63) is 40.7 Å². The van der Waals surface area contributed by atoms with Crippen LogP contribution in [-0.4, -0.2) is 23.2 Å². The van der Waals surface area contributed by atoms with Crippen molar-refractivity contribution in [3.8, 4) is 11.4 Å². The summed E-state index contributed by atoms with van der Waals surface area (Å²) in [5, 5.41) is 4.74. The van der Waals surface area contributed by atoms with Gasteiger partial charge in [0.2, 0.25) is 0 Å². The number of aldehydes is 1. The number of ether oxygens (including phenoxy) is 1. The lowest BCUT2D eigenvalue weighted by atomic mass is 10.2. The van der Waals surface area contributed by atoms with Crippen LogP contribution in [0.25, 0.3) is 5.69 Å². The van der Waals surface area contributed by atoms with Crippen LogP contribution in [0.3, 0.4) is 0 Å². The predicted molar refractivity (Wildman–Crippen MR) is 74.5 cm³/mol. The zero-order chi connectivity index (χ0) is 13.8. The molecule has 0 radical (unpaired) electrons. The summed E-state index contributed by atoms with van der Waals surface area (Å²) in [5.41, 5.74) is 1.89. The van der Waals surface area contributed by atoms with Crippen LogP contribution < -0.4 is 4.74 Å². The van der Waals surface area contributed by atoms with Crippen molar-refractivity contribution in [2.45, 2.75) is 19.8 Å². The first-order valence-electron chi connectivity index (χ1n) is 6.08. The normalized spacial score (nSPS) is 10.5. The molecule has 19 heavy (non-hydrogen) atoms. The lowest BCUT2D eigenvalue weighted by Gasteiger charge is -2.08. The fraction of sp³-hybridized carbons (Fsp3) is 0.286. The Bertz CT molecular complexity index is 593. The van der Waals surface area contributed by atoms with E-state index >= 15 is 0 Å². The topological polar surface area (TPSA) is 44.1 Å². The van der Waals surface area contributed by atoms with Crippen molar-refractivity contribution in [1.29, 1.82) is 0 Å². The number of aromatic nitrogens is 2. The monoisotopic (exact) mass is 278 g/mol. The van der Waals surface area contributed by atoms with Crippen LogP contribution in [0.1, 0.15) is 29.4 Å². The second-order valence-corrected chi connectivity index (χ2v) is 4.46. The second kappa shape index (κ2) is 5.89. The quantitative estimate of drug-likeness (QED) is 0.788. The van der Waals surface area contributed by atoms with Crippen LogP contribution in [-0.2, 0) is 6.42 Å². The second-order valence-electron chi connectivity index (χ2n) is 4.10. The molecule has 0 N–H and O–H groups in total. The van der Waals surface area contributed by atoms with E-state index in [1.807, 2.05) is 31.2 Å². The maximum absolute atomic E-state index is 11.2. The highest BCUT2D eigenvalue weighted by atomic mass is 35.5. The Labute approximate surface area is 116 Å². The Morgan fingerprint density at radius 1 is 1.42 bits per heavy atom. The number of carbonyl (C=O) groups excluding carboxylic acids is 1. The molecule has 0 atom stereocenters. The summed E-state index contributed by atoms with van der Waals surface area (Å²) in [4.78, 5) is 11.2. The summed E-state index contributed by atoms with van der Waals surface area (Å²) in [6.07, 6.45) is 2.38. The molecule has 0 fully saturated rings. The van der Waals surface area contributed by atoms with Gasteiger partial charge in [-0.3, -0.25) is 4.79 Å². The van der Waals surface area contributed by atoms with E-state index in [1.54, 1.807) is 11.8 Å². The van der Waals surface area contributed by atoms with Gasteiger partial charge in [0.1, 0.15) is 16.6 Å². The smallest absolute Gasteiger partial charge is 0.155 e. The van der Waals surface area contributed by atoms with Gasteiger partial charge in [-0.15, -0.1) is 0 Å². The predicted octanol–water partition coefficient (Wildman–Crippen LogP) is 3.30. The van der Waals surface area contributed by atoms with Crippen molar-refractivity contribution >= 4 is 17.9 Å². The van der Waals surface area contributed by atoms with Crippen LogP contribution in [0.4, 0.5) is 0 Å². The first-order chi connectivity index (χ1) is 9.22. The van der Waals surface area contributed by atoms with Crippen molar-refractivity contribution in [2.24, 2.45) is 0 Å². The number of aryl methyl sites for hydroxylation is 1. The number of rotatable bonds is 5. The molecule has 0 saturated heterocycles. The lowest BCUT2D eigenvalue weighted by molar-refractivity contribution is 0.112. The molecule has 0 saturated carbocycles. The molecule has 0 aliphatic heterocycles. The first-order valence-corrected chi connectivity index (χ1v) is 6.46. The van der Waals surface area contributed by atoms with Gasteiger partial charge in [0.15, 0.2) is 6.29 Å². The molecule has 5 heteroatoms. The Morgan fingerprint density at radius 2 is 2.16 bits per heavy atom. The minimum atomic E-state index is 0.322. The molecular formula is C14H15ClN2O2. The Kier molecular flexibility index (Phi) is 4.22. The van der Waals surface area contributed by atoms with E-state index in [0.717, 1.165) is 24.8 Å². The van der Waals surface area contributed by atoms with E-state index in [2.05, 4.69) is 5.10 Å². The number of nitrogens with zero attached hydrogens (tertiary/aromatic N) is 2. The molecule has 0 aliphatic carbocycles. The van der Waals surface area contributed by atoms with Gasteiger partial charge < -0.3 is 4.74 Å². The molecule has 0 bridgehead atoms. The number of methoxy groups -OCH3 is 1. The molecule has 100 valence electrons. The molecule has 4 nitrogen and oxygen atoms in total. The van der Waals surface area contributed by atoms with Crippen molar-refractivity contribution in [2.75, 3.05) is 7.11 Å². The van der Waals surface area contributed by atoms with Gasteiger partial charge in [-0.2, -0.15) is 5.10 Å². The zero-order valence-corrected chi connectivity index (χ0v) is 11.6. The lowest BCUT2D eigenvalue weighted by Crippen LogP contribution is -2.00. The SMILES string of the molecule is CCCc1nn(-c2ccccc2OC)c(Cl)c1C=O. The molecule has 1 heterocycles. The Balaban J connectivity index is 2.59. The summed E-state index contributed by atoms with van der Waals surface area (Å²) >= 11 is 6.24. The molecule has 0 amide bonds. The van der Waals surface area contributed by atoms with Crippen LogP contribution in [0.2, 0.25) is 5.15 Å². The van der Waals surface area contributed by atoms with Crippen LogP contribution in [0, 0.1) is 0 Å². The van der Waals surface area contributed by atoms with Gasteiger partial charge in [-0.25, -0.2) is 4.68 Å². The summed E-state index contributed by atoms with van der Waals surface area (Å²) in [6, 6.07) is 7.42.